The number of halogens is 1. The summed E-state index contributed by atoms with van der Waals surface area (Å²) in [6, 6.07) is 4.79. The normalized spacial score (nSPS) is 14.0. The number of methoxy groups -OCH3 is 1. The third-order valence-electron chi connectivity index (χ3n) is 3.97. The third-order valence-corrected chi connectivity index (χ3v) is 4.30. The monoisotopic (exact) mass is 395 g/mol. The SMILES string of the molecule is COC(=O)C1=C(Nc2cc(NC(=O)C(C)C)ccc2Cl)C(=O)N(CCO)C1. The Labute approximate surface area is 162 Å². The number of amides is 2. The number of anilines is 2. The Kier molecular flexibility index (Phi) is 6.81. The van der Waals surface area contributed by atoms with Gasteiger partial charge in [0.25, 0.3) is 5.91 Å². The molecule has 8 nitrogen and oxygen atoms in total. The van der Waals surface area contributed by atoms with Crippen LogP contribution < -0.4 is 10.6 Å². The number of esters is 1. The topological polar surface area (TPSA) is 108 Å². The molecule has 0 saturated carbocycles. The Hall–Kier alpha value is -2.58. The van der Waals surface area contributed by atoms with E-state index in [9.17, 15) is 14.4 Å². The zero-order valence-electron chi connectivity index (χ0n) is 15.3. The van der Waals surface area contributed by atoms with Gasteiger partial charge in [0, 0.05) is 18.2 Å². The first-order valence-corrected chi connectivity index (χ1v) is 8.75. The smallest absolute Gasteiger partial charge is 0.337 e. The van der Waals surface area contributed by atoms with Crippen LogP contribution in [0.4, 0.5) is 11.4 Å². The fourth-order valence-corrected chi connectivity index (χ4v) is 2.63. The van der Waals surface area contributed by atoms with Crippen LogP contribution in [0, 0.1) is 5.92 Å². The molecule has 1 heterocycles. The highest BCUT2D eigenvalue weighted by Gasteiger charge is 2.34. The lowest BCUT2D eigenvalue weighted by Crippen LogP contribution is -2.31. The van der Waals surface area contributed by atoms with Crippen LogP contribution in [0.5, 0.6) is 0 Å². The first-order valence-electron chi connectivity index (χ1n) is 8.37. The van der Waals surface area contributed by atoms with Crippen LogP contribution in [0.15, 0.2) is 29.5 Å². The molecule has 0 aromatic heterocycles. The summed E-state index contributed by atoms with van der Waals surface area (Å²) in [5.41, 5.74) is 1.03. The van der Waals surface area contributed by atoms with Crippen molar-refractivity contribution in [3.8, 4) is 0 Å². The van der Waals surface area contributed by atoms with Gasteiger partial charge in [-0.15, -0.1) is 0 Å². The number of nitrogens with zero attached hydrogens (tertiary/aromatic N) is 1. The number of β-amino-alcohol motifs (C(OH)–C–C–N with tert-alkyl or cyclic N) is 1. The molecule has 0 fully saturated rings. The third kappa shape index (κ3) is 4.78. The molecular weight excluding hydrogens is 374 g/mol. The molecule has 0 saturated heterocycles. The summed E-state index contributed by atoms with van der Waals surface area (Å²) in [5, 5.41) is 15.0. The molecule has 0 aliphatic carbocycles. The van der Waals surface area contributed by atoms with E-state index >= 15 is 0 Å². The van der Waals surface area contributed by atoms with Crippen molar-refractivity contribution >= 4 is 40.8 Å². The second-order valence-electron chi connectivity index (χ2n) is 6.26. The molecule has 2 amide bonds. The molecule has 2 rings (SSSR count). The minimum atomic E-state index is -0.647. The van der Waals surface area contributed by atoms with Gasteiger partial charge in [-0.05, 0) is 18.2 Å². The Morgan fingerprint density at radius 1 is 1.37 bits per heavy atom. The van der Waals surface area contributed by atoms with Gasteiger partial charge in [-0.25, -0.2) is 4.79 Å². The van der Waals surface area contributed by atoms with Crippen molar-refractivity contribution in [2.45, 2.75) is 13.8 Å². The maximum atomic E-state index is 12.6. The number of nitrogens with one attached hydrogen (secondary N) is 2. The van der Waals surface area contributed by atoms with Crippen molar-refractivity contribution < 1.29 is 24.2 Å². The quantitative estimate of drug-likeness (QED) is 0.605. The van der Waals surface area contributed by atoms with Crippen LogP contribution in [0.2, 0.25) is 5.02 Å². The van der Waals surface area contributed by atoms with Crippen molar-refractivity contribution in [3.63, 3.8) is 0 Å². The van der Waals surface area contributed by atoms with Gasteiger partial charge in [0.05, 0.1) is 36.5 Å². The van der Waals surface area contributed by atoms with Crippen LogP contribution in [-0.4, -0.2) is 54.6 Å². The van der Waals surface area contributed by atoms with Crippen molar-refractivity contribution in [2.75, 3.05) is 37.4 Å². The van der Waals surface area contributed by atoms with Crippen molar-refractivity contribution in [1.82, 2.24) is 4.90 Å². The summed E-state index contributed by atoms with van der Waals surface area (Å²) < 4.78 is 4.74. The van der Waals surface area contributed by atoms with Crippen LogP contribution in [0.3, 0.4) is 0 Å². The first kappa shape index (κ1) is 20.7. The summed E-state index contributed by atoms with van der Waals surface area (Å²) in [5.74, 6) is -1.46. The maximum absolute atomic E-state index is 12.6. The molecule has 0 bridgehead atoms. The number of ether oxygens (including phenoxy) is 1. The summed E-state index contributed by atoms with van der Waals surface area (Å²) in [6.07, 6.45) is 0. The van der Waals surface area contributed by atoms with E-state index in [1.165, 1.54) is 12.0 Å². The number of aliphatic hydroxyl groups is 1. The molecule has 1 aromatic carbocycles. The largest absolute Gasteiger partial charge is 0.466 e. The molecule has 1 aromatic rings. The molecule has 0 radical (unpaired) electrons. The standard InChI is InChI=1S/C18H22ClN3O5/c1-10(2)16(24)20-11-4-5-13(19)14(8-11)21-15-12(18(26)27-3)9-22(6-7-23)17(15)25/h4-5,8,10,21,23H,6-7,9H2,1-3H3,(H,20,24). The lowest BCUT2D eigenvalue weighted by Gasteiger charge is -2.16. The summed E-state index contributed by atoms with van der Waals surface area (Å²) >= 11 is 6.20. The number of carbonyl (C=O) groups excluding carboxylic acids is 3. The Balaban J connectivity index is 2.33. The fraction of sp³-hybridized carbons (Fsp3) is 0.389. The molecule has 146 valence electrons. The fourth-order valence-electron chi connectivity index (χ4n) is 2.47. The maximum Gasteiger partial charge on any atom is 0.337 e. The van der Waals surface area contributed by atoms with Gasteiger partial charge in [0.2, 0.25) is 5.91 Å². The lowest BCUT2D eigenvalue weighted by molar-refractivity contribution is -0.136. The Morgan fingerprint density at radius 3 is 2.67 bits per heavy atom. The van der Waals surface area contributed by atoms with Gasteiger partial charge in [-0.1, -0.05) is 25.4 Å². The Bertz CT molecular complexity index is 791. The van der Waals surface area contributed by atoms with Gasteiger partial charge in [-0.2, -0.15) is 0 Å². The van der Waals surface area contributed by atoms with Gasteiger partial charge >= 0.3 is 5.97 Å². The van der Waals surface area contributed by atoms with Gasteiger partial charge in [-0.3, -0.25) is 9.59 Å². The molecule has 27 heavy (non-hydrogen) atoms. The second kappa shape index (κ2) is 8.88. The zero-order valence-corrected chi connectivity index (χ0v) is 16.1. The lowest BCUT2D eigenvalue weighted by atomic mass is 10.2. The van der Waals surface area contributed by atoms with Crippen LogP contribution in [0.25, 0.3) is 0 Å². The number of rotatable bonds is 7. The van der Waals surface area contributed by atoms with E-state index in [0.29, 0.717) is 16.4 Å². The summed E-state index contributed by atoms with van der Waals surface area (Å²) in [7, 11) is 1.22. The molecular formula is C18H22ClN3O5. The molecule has 1 aliphatic rings. The highest BCUT2D eigenvalue weighted by molar-refractivity contribution is 6.33. The van der Waals surface area contributed by atoms with Gasteiger partial charge in [0.1, 0.15) is 5.70 Å². The van der Waals surface area contributed by atoms with Gasteiger partial charge < -0.3 is 25.4 Å². The molecule has 9 heteroatoms. The summed E-state index contributed by atoms with van der Waals surface area (Å²) in [4.78, 5) is 37.8. The summed E-state index contributed by atoms with van der Waals surface area (Å²) in [6.45, 7) is 3.42. The molecule has 3 N–H and O–H groups in total. The predicted molar refractivity (Wildman–Crippen MR) is 101 cm³/mol. The number of benzene rings is 1. The highest BCUT2D eigenvalue weighted by Crippen LogP contribution is 2.30. The van der Waals surface area contributed by atoms with E-state index in [-0.39, 0.29) is 42.8 Å². The number of carbonyl (C=O) groups is 3. The van der Waals surface area contributed by atoms with Gasteiger partial charge in [0.15, 0.2) is 0 Å². The first-order chi connectivity index (χ1) is 12.8. The van der Waals surface area contributed by atoms with Crippen molar-refractivity contribution in [3.05, 3.63) is 34.5 Å². The number of aliphatic hydroxyl groups excluding tert-OH is 1. The minimum absolute atomic E-state index is 0.0236. The average Bonchev–Trinajstić information content (AvgIpc) is 2.93. The minimum Gasteiger partial charge on any atom is -0.466 e. The van der Waals surface area contributed by atoms with Crippen LogP contribution in [0.1, 0.15) is 13.8 Å². The van der Waals surface area contributed by atoms with Crippen LogP contribution >= 0.6 is 11.6 Å². The molecule has 0 spiro atoms. The average molecular weight is 396 g/mol. The van der Waals surface area contributed by atoms with E-state index in [2.05, 4.69) is 10.6 Å². The number of hydrogen-bond acceptors (Lipinski definition) is 6. The van der Waals surface area contributed by atoms with Crippen molar-refractivity contribution in [2.24, 2.45) is 5.92 Å². The Morgan fingerprint density at radius 2 is 2.07 bits per heavy atom. The van der Waals surface area contributed by atoms with Crippen molar-refractivity contribution in [1.29, 1.82) is 0 Å². The predicted octanol–water partition coefficient (Wildman–Crippen LogP) is 1.61. The van der Waals surface area contributed by atoms with Crippen LogP contribution in [-0.2, 0) is 19.1 Å². The zero-order chi connectivity index (χ0) is 20.1. The molecule has 1 aliphatic heterocycles. The highest BCUT2D eigenvalue weighted by atomic mass is 35.5. The van der Waals surface area contributed by atoms with E-state index in [1.807, 2.05) is 0 Å². The van der Waals surface area contributed by atoms with E-state index in [0.717, 1.165) is 0 Å². The molecule has 0 unspecified atom stereocenters. The van der Waals surface area contributed by atoms with E-state index < -0.39 is 11.9 Å². The molecule has 0 atom stereocenters. The van der Waals surface area contributed by atoms with E-state index in [4.69, 9.17) is 21.4 Å². The second-order valence-corrected chi connectivity index (χ2v) is 6.67. The number of hydrogen-bond donors (Lipinski definition) is 3. The van der Waals surface area contributed by atoms with E-state index in [1.54, 1.807) is 32.0 Å².